The number of carboxylic acids is 1. The molecular weight excluding hydrogens is 452 g/mol. The number of methoxy groups -OCH3 is 2. The average Bonchev–Trinajstić information content (AvgIpc) is 2.80. The molecule has 0 unspecified atom stereocenters. The second kappa shape index (κ2) is 10.1. The Balaban J connectivity index is 1.86. The molecule has 11 nitrogen and oxygen atoms in total. The largest absolute Gasteiger partial charge is 0.504 e. The van der Waals surface area contributed by atoms with E-state index < -0.39 is 36.2 Å². The number of esters is 2. The lowest BCUT2D eigenvalue weighted by Gasteiger charge is -2.32. The molecule has 34 heavy (non-hydrogen) atoms. The summed E-state index contributed by atoms with van der Waals surface area (Å²) in [7, 11) is 2.66. The Labute approximate surface area is 193 Å². The number of phenolic OH excluding ortho intramolecular Hbond substituents is 2. The Bertz CT molecular complexity index is 1140. The van der Waals surface area contributed by atoms with Crippen LogP contribution in [0.2, 0.25) is 0 Å². The van der Waals surface area contributed by atoms with Gasteiger partial charge in [0.2, 0.25) is 0 Å². The van der Waals surface area contributed by atoms with Crippen LogP contribution >= 0.6 is 0 Å². The number of aliphatic hydroxyl groups is 1. The molecule has 1 aliphatic rings. The number of hydrogen-bond donors (Lipinski definition) is 4. The van der Waals surface area contributed by atoms with E-state index in [1.54, 1.807) is 0 Å². The molecule has 3 rings (SSSR count). The topological polar surface area (TPSA) is 169 Å². The number of aliphatic hydroxyl groups excluding tert-OH is 1. The normalized spacial score (nSPS) is 19.5. The number of benzene rings is 2. The van der Waals surface area contributed by atoms with E-state index >= 15 is 0 Å². The van der Waals surface area contributed by atoms with Crippen molar-refractivity contribution in [2.24, 2.45) is 0 Å². The molecule has 0 radical (unpaired) electrons. The standard InChI is InChI=1S/C23H22O11/c1-31-17-5-3-11(7-14(17)24)22(29)33-19-10-13(21(27)28)9-16(26)20(19)34-23(30)12-4-6-18(32-2)15(25)8-12/h3-8,10,16,19-20,24-26H,9H2,1-2H3,(H,27,28)/t16-,19-,20+/m1/s1. The molecule has 4 N–H and O–H groups in total. The van der Waals surface area contributed by atoms with Gasteiger partial charge < -0.3 is 39.4 Å². The first-order valence-corrected chi connectivity index (χ1v) is 9.92. The van der Waals surface area contributed by atoms with Crippen molar-refractivity contribution in [3.05, 3.63) is 59.2 Å². The van der Waals surface area contributed by atoms with Crippen molar-refractivity contribution in [2.75, 3.05) is 14.2 Å². The lowest BCUT2D eigenvalue weighted by atomic mass is 9.91. The summed E-state index contributed by atoms with van der Waals surface area (Å²) in [5, 5.41) is 39.6. The fraction of sp³-hybridized carbons (Fsp3) is 0.261. The molecule has 0 saturated heterocycles. The third-order valence-corrected chi connectivity index (χ3v) is 5.09. The highest BCUT2D eigenvalue weighted by atomic mass is 16.6. The highest BCUT2D eigenvalue weighted by Gasteiger charge is 2.40. The molecular formula is C23H22O11. The van der Waals surface area contributed by atoms with Gasteiger partial charge in [0, 0.05) is 12.0 Å². The van der Waals surface area contributed by atoms with Gasteiger partial charge in [-0.15, -0.1) is 0 Å². The summed E-state index contributed by atoms with van der Waals surface area (Å²) >= 11 is 0. The van der Waals surface area contributed by atoms with Crippen LogP contribution in [0.15, 0.2) is 48.0 Å². The molecule has 11 heteroatoms. The van der Waals surface area contributed by atoms with Crippen molar-refractivity contribution in [2.45, 2.75) is 24.7 Å². The summed E-state index contributed by atoms with van der Waals surface area (Å²) in [6, 6.07) is 7.46. The van der Waals surface area contributed by atoms with Gasteiger partial charge in [-0.3, -0.25) is 0 Å². The number of phenols is 2. The lowest BCUT2D eigenvalue weighted by molar-refractivity contribution is -0.134. The van der Waals surface area contributed by atoms with Gasteiger partial charge in [-0.25, -0.2) is 14.4 Å². The minimum Gasteiger partial charge on any atom is -0.504 e. The zero-order valence-electron chi connectivity index (χ0n) is 18.1. The molecule has 0 bridgehead atoms. The highest BCUT2D eigenvalue weighted by molar-refractivity contribution is 5.92. The van der Waals surface area contributed by atoms with E-state index in [1.165, 1.54) is 38.5 Å². The summed E-state index contributed by atoms with van der Waals surface area (Å²) in [5.41, 5.74) is -0.408. The van der Waals surface area contributed by atoms with E-state index in [1.807, 2.05) is 0 Å². The van der Waals surface area contributed by atoms with Gasteiger partial charge in [-0.2, -0.15) is 0 Å². The summed E-state index contributed by atoms with van der Waals surface area (Å²) < 4.78 is 20.5. The van der Waals surface area contributed by atoms with Crippen LogP contribution in [-0.4, -0.2) is 70.9 Å². The number of carboxylic acid groups (broad SMARTS) is 1. The van der Waals surface area contributed by atoms with Crippen molar-refractivity contribution >= 4 is 17.9 Å². The van der Waals surface area contributed by atoms with Crippen molar-refractivity contribution in [3.63, 3.8) is 0 Å². The number of carbonyl (C=O) groups excluding carboxylic acids is 2. The minimum atomic E-state index is -1.51. The fourth-order valence-corrected chi connectivity index (χ4v) is 3.34. The van der Waals surface area contributed by atoms with Crippen molar-refractivity contribution < 1.29 is 53.8 Å². The zero-order valence-corrected chi connectivity index (χ0v) is 18.1. The SMILES string of the molecule is COc1ccc(C(=O)O[C@H]2[C@H](O)CC(C(=O)O)=C[C@H]2OC(=O)c2ccc(OC)c(O)c2)cc1O. The van der Waals surface area contributed by atoms with Crippen LogP contribution in [0.4, 0.5) is 0 Å². The quantitative estimate of drug-likeness (QED) is 0.430. The van der Waals surface area contributed by atoms with Crippen LogP contribution < -0.4 is 9.47 Å². The Hall–Kier alpha value is -4.25. The Kier molecular flexibility index (Phi) is 7.27. The number of rotatable bonds is 7. The van der Waals surface area contributed by atoms with Crippen LogP contribution in [-0.2, 0) is 14.3 Å². The summed E-state index contributed by atoms with van der Waals surface area (Å²) in [6.45, 7) is 0. The van der Waals surface area contributed by atoms with E-state index in [-0.39, 0.29) is 46.1 Å². The van der Waals surface area contributed by atoms with Crippen molar-refractivity contribution in [1.82, 2.24) is 0 Å². The van der Waals surface area contributed by atoms with E-state index in [9.17, 15) is 34.8 Å². The molecule has 2 aromatic carbocycles. The van der Waals surface area contributed by atoms with Crippen LogP contribution in [0.25, 0.3) is 0 Å². The smallest absolute Gasteiger partial charge is 0.338 e. The van der Waals surface area contributed by atoms with Crippen LogP contribution in [0.1, 0.15) is 27.1 Å². The van der Waals surface area contributed by atoms with E-state index in [0.717, 1.165) is 18.2 Å². The first-order chi connectivity index (χ1) is 16.1. The Morgan fingerprint density at radius 2 is 1.35 bits per heavy atom. The Morgan fingerprint density at radius 1 is 0.853 bits per heavy atom. The number of ether oxygens (including phenoxy) is 4. The van der Waals surface area contributed by atoms with Gasteiger partial charge in [-0.05, 0) is 42.5 Å². The number of hydrogen-bond acceptors (Lipinski definition) is 10. The maximum atomic E-state index is 12.6. The third-order valence-electron chi connectivity index (χ3n) is 5.09. The molecule has 0 aromatic heterocycles. The molecule has 180 valence electrons. The maximum Gasteiger partial charge on any atom is 0.338 e. The van der Waals surface area contributed by atoms with Crippen LogP contribution in [0, 0.1) is 0 Å². The highest BCUT2D eigenvalue weighted by Crippen LogP contribution is 2.30. The molecule has 0 amide bonds. The zero-order chi connectivity index (χ0) is 25.0. The first-order valence-electron chi connectivity index (χ1n) is 9.92. The predicted octanol–water partition coefficient (Wildman–Crippen LogP) is 1.64. The maximum absolute atomic E-state index is 12.6. The van der Waals surface area contributed by atoms with Crippen molar-refractivity contribution in [3.8, 4) is 23.0 Å². The summed E-state index contributed by atoms with van der Waals surface area (Å²) in [4.78, 5) is 36.7. The number of aliphatic carboxylic acids is 1. The average molecular weight is 474 g/mol. The molecule has 0 spiro atoms. The van der Waals surface area contributed by atoms with Crippen LogP contribution in [0.5, 0.6) is 23.0 Å². The first kappa shape index (κ1) is 24.4. The summed E-state index contributed by atoms with van der Waals surface area (Å²) in [5.74, 6) is -3.68. The lowest BCUT2D eigenvalue weighted by Crippen LogP contribution is -2.46. The fourth-order valence-electron chi connectivity index (χ4n) is 3.34. The van der Waals surface area contributed by atoms with Gasteiger partial charge in [0.15, 0.2) is 35.2 Å². The summed E-state index contributed by atoms with van der Waals surface area (Å²) in [6.07, 6.45) is -3.70. The second-order valence-corrected chi connectivity index (χ2v) is 7.28. The molecule has 0 fully saturated rings. The van der Waals surface area contributed by atoms with Gasteiger partial charge in [-0.1, -0.05) is 0 Å². The van der Waals surface area contributed by atoms with Crippen molar-refractivity contribution in [1.29, 1.82) is 0 Å². The molecule has 2 aromatic rings. The van der Waals surface area contributed by atoms with E-state index in [4.69, 9.17) is 18.9 Å². The third kappa shape index (κ3) is 5.21. The Morgan fingerprint density at radius 3 is 1.79 bits per heavy atom. The molecule has 1 aliphatic carbocycles. The van der Waals surface area contributed by atoms with Gasteiger partial charge in [0.1, 0.15) is 0 Å². The van der Waals surface area contributed by atoms with Gasteiger partial charge >= 0.3 is 17.9 Å². The van der Waals surface area contributed by atoms with E-state index in [0.29, 0.717) is 0 Å². The van der Waals surface area contributed by atoms with E-state index in [2.05, 4.69) is 0 Å². The minimum absolute atomic E-state index is 0.0799. The van der Waals surface area contributed by atoms with Gasteiger partial charge in [0.05, 0.1) is 31.5 Å². The molecule has 0 heterocycles. The predicted molar refractivity (Wildman–Crippen MR) is 114 cm³/mol. The monoisotopic (exact) mass is 474 g/mol. The number of aromatic hydroxyl groups is 2. The van der Waals surface area contributed by atoms with Gasteiger partial charge in [0.25, 0.3) is 0 Å². The molecule has 3 atom stereocenters. The van der Waals surface area contributed by atoms with Crippen LogP contribution in [0.3, 0.4) is 0 Å². The number of carbonyl (C=O) groups is 3. The molecule has 0 saturated carbocycles. The molecule has 0 aliphatic heterocycles. The second-order valence-electron chi connectivity index (χ2n) is 7.28.